The predicted octanol–water partition coefficient (Wildman–Crippen LogP) is 2.94. The molecule has 7 heteroatoms. The van der Waals surface area contributed by atoms with E-state index >= 15 is 0 Å². The van der Waals surface area contributed by atoms with Crippen LogP contribution in [-0.2, 0) is 0 Å². The molecule has 1 aromatic carbocycles. The second-order valence-corrected chi connectivity index (χ2v) is 6.49. The lowest BCUT2D eigenvalue weighted by molar-refractivity contribution is 0.589. The number of nitrogens with zero attached hydrogens (tertiary/aromatic N) is 4. The Morgan fingerprint density at radius 1 is 1.04 bits per heavy atom. The van der Waals surface area contributed by atoms with Crippen LogP contribution in [0.15, 0.2) is 47.2 Å². The second-order valence-electron chi connectivity index (χ2n) is 5.63. The highest BCUT2D eigenvalue weighted by Gasteiger charge is 2.11. The maximum Gasteiger partial charge on any atom is 0.228 e. The predicted molar refractivity (Wildman–Crippen MR) is 99.8 cm³/mol. The summed E-state index contributed by atoms with van der Waals surface area (Å²) in [6.07, 6.45) is 3.70. The molecule has 1 aliphatic rings. The van der Waals surface area contributed by atoms with Gasteiger partial charge in [-0.2, -0.15) is 0 Å². The topological polar surface area (TPSA) is 66.0 Å². The van der Waals surface area contributed by atoms with Gasteiger partial charge in [-0.1, -0.05) is 12.1 Å². The van der Waals surface area contributed by atoms with E-state index in [-0.39, 0.29) is 0 Å². The largest absolute Gasteiger partial charge is 0.368 e. The standard InChI is InChI=1S/C17H17BrN6/c18-14-3-1-2-12-10-21-17(23-16(12)14)22-15-5-4-13(11-20-15)24-8-6-19-7-9-24/h1-5,10-11,19H,6-9H2,(H,20,21,22,23). The number of nitrogens with one attached hydrogen (secondary N) is 2. The number of hydrogen-bond donors (Lipinski definition) is 2. The fraction of sp³-hybridized carbons (Fsp3) is 0.235. The van der Waals surface area contributed by atoms with E-state index in [1.165, 1.54) is 0 Å². The van der Waals surface area contributed by atoms with Gasteiger partial charge in [-0.25, -0.2) is 15.0 Å². The Labute approximate surface area is 148 Å². The summed E-state index contributed by atoms with van der Waals surface area (Å²) < 4.78 is 0.951. The van der Waals surface area contributed by atoms with Gasteiger partial charge in [0.1, 0.15) is 5.82 Å². The molecule has 4 rings (SSSR count). The first kappa shape index (κ1) is 15.3. The number of para-hydroxylation sites is 1. The Morgan fingerprint density at radius 3 is 2.71 bits per heavy atom. The van der Waals surface area contributed by atoms with Crippen LogP contribution in [0.5, 0.6) is 0 Å². The van der Waals surface area contributed by atoms with Crippen molar-refractivity contribution in [2.75, 3.05) is 36.4 Å². The molecule has 122 valence electrons. The molecule has 0 spiro atoms. The van der Waals surface area contributed by atoms with Crippen molar-refractivity contribution in [3.05, 3.63) is 47.2 Å². The van der Waals surface area contributed by atoms with E-state index in [1.54, 1.807) is 0 Å². The third-order valence-electron chi connectivity index (χ3n) is 4.03. The molecule has 0 bridgehead atoms. The summed E-state index contributed by atoms with van der Waals surface area (Å²) in [5.74, 6) is 1.28. The molecule has 24 heavy (non-hydrogen) atoms. The minimum atomic E-state index is 0.539. The van der Waals surface area contributed by atoms with Crippen LogP contribution in [0.3, 0.4) is 0 Å². The van der Waals surface area contributed by atoms with Crippen LogP contribution in [0.2, 0.25) is 0 Å². The molecule has 1 aliphatic heterocycles. The van der Waals surface area contributed by atoms with Gasteiger partial charge in [-0.15, -0.1) is 0 Å². The molecule has 2 N–H and O–H groups in total. The van der Waals surface area contributed by atoms with E-state index in [0.29, 0.717) is 5.95 Å². The zero-order valence-electron chi connectivity index (χ0n) is 13.0. The number of anilines is 3. The Morgan fingerprint density at radius 2 is 1.92 bits per heavy atom. The summed E-state index contributed by atoms with van der Waals surface area (Å²) in [6.45, 7) is 4.05. The number of fused-ring (bicyclic) bond motifs is 1. The molecule has 6 nitrogen and oxygen atoms in total. The molecule has 0 unspecified atom stereocenters. The molecular weight excluding hydrogens is 368 g/mol. The average Bonchev–Trinajstić information content (AvgIpc) is 2.64. The van der Waals surface area contributed by atoms with E-state index in [0.717, 1.165) is 53.1 Å². The number of pyridine rings is 1. The van der Waals surface area contributed by atoms with E-state index in [4.69, 9.17) is 0 Å². The lowest BCUT2D eigenvalue weighted by Gasteiger charge is -2.29. The van der Waals surface area contributed by atoms with Gasteiger partial charge in [-0.3, -0.25) is 0 Å². The van der Waals surface area contributed by atoms with E-state index in [1.807, 2.05) is 36.7 Å². The molecule has 3 heterocycles. The SMILES string of the molecule is Brc1cccc2cnc(Nc3ccc(N4CCNCC4)cn3)nc12. The van der Waals surface area contributed by atoms with Crippen LogP contribution in [0, 0.1) is 0 Å². The lowest BCUT2D eigenvalue weighted by Crippen LogP contribution is -2.43. The highest BCUT2D eigenvalue weighted by Crippen LogP contribution is 2.23. The molecule has 0 radical (unpaired) electrons. The van der Waals surface area contributed by atoms with Gasteiger partial charge < -0.3 is 15.5 Å². The monoisotopic (exact) mass is 384 g/mol. The molecule has 0 saturated carbocycles. The van der Waals surface area contributed by atoms with Gasteiger partial charge in [0.05, 0.1) is 17.4 Å². The molecular formula is C17H17BrN6. The fourth-order valence-electron chi connectivity index (χ4n) is 2.76. The zero-order chi connectivity index (χ0) is 16.4. The van der Waals surface area contributed by atoms with E-state index in [2.05, 4.69) is 52.5 Å². The summed E-state index contributed by atoms with van der Waals surface area (Å²) in [4.78, 5) is 15.7. The van der Waals surface area contributed by atoms with Gasteiger partial charge in [-0.05, 0) is 34.1 Å². The van der Waals surface area contributed by atoms with Crippen molar-refractivity contribution < 1.29 is 0 Å². The van der Waals surface area contributed by atoms with Crippen LogP contribution >= 0.6 is 15.9 Å². The zero-order valence-corrected chi connectivity index (χ0v) is 14.6. The number of piperazine rings is 1. The fourth-order valence-corrected chi connectivity index (χ4v) is 3.23. The Hall–Kier alpha value is -2.25. The van der Waals surface area contributed by atoms with Gasteiger partial charge in [0.2, 0.25) is 5.95 Å². The van der Waals surface area contributed by atoms with Gasteiger partial charge in [0.25, 0.3) is 0 Å². The van der Waals surface area contributed by atoms with Crippen molar-refractivity contribution >= 4 is 44.3 Å². The Balaban J connectivity index is 1.53. The summed E-state index contributed by atoms with van der Waals surface area (Å²) in [5, 5.41) is 7.52. The number of benzene rings is 1. The maximum absolute atomic E-state index is 4.55. The van der Waals surface area contributed by atoms with E-state index in [9.17, 15) is 0 Å². The van der Waals surface area contributed by atoms with Crippen LogP contribution in [0.4, 0.5) is 17.5 Å². The summed E-state index contributed by atoms with van der Waals surface area (Å²) in [7, 11) is 0. The average molecular weight is 385 g/mol. The number of hydrogen-bond acceptors (Lipinski definition) is 6. The van der Waals surface area contributed by atoms with E-state index < -0.39 is 0 Å². The smallest absolute Gasteiger partial charge is 0.228 e. The van der Waals surface area contributed by atoms with Crippen molar-refractivity contribution in [3.63, 3.8) is 0 Å². The first-order valence-corrected chi connectivity index (χ1v) is 8.69. The third-order valence-corrected chi connectivity index (χ3v) is 4.67. The first-order valence-electron chi connectivity index (χ1n) is 7.90. The molecule has 1 saturated heterocycles. The highest BCUT2D eigenvalue weighted by atomic mass is 79.9. The summed E-state index contributed by atoms with van der Waals surface area (Å²) in [6, 6.07) is 9.98. The molecule has 0 atom stereocenters. The van der Waals surface area contributed by atoms with Crippen LogP contribution in [0.1, 0.15) is 0 Å². The Kier molecular flexibility index (Phi) is 4.27. The minimum absolute atomic E-state index is 0.539. The summed E-state index contributed by atoms with van der Waals surface area (Å²) in [5.41, 5.74) is 2.02. The lowest BCUT2D eigenvalue weighted by atomic mass is 10.2. The van der Waals surface area contributed by atoms with Crippen molar-refractivity contribution in [1.29, 1.82) is 0 Å². The van der Waals surface area contributed by atoms with Gasteiger partial charge in [0, 0.05) is 42.2 Å². The van der Waals surface area contributed by atoms with Crippen LogP contribution in [-0.4, -0.2) is 41.1 Å². The maximum atomic E-state index is 4.55. The van der Waals surface area contributed by atoms with Crippen molar-refractivity contribution in [3.8, 4) is 0 Å². The van der Waals surface area contributed by atoms with Gasteiger partial charge >= 0.3 is 0 Å². The van der Waals surface area contributed by atoms with Crippen molar-refractivity contribution in [2.24, 2.45) is 0 Å². The first-order chi connectivity index (χ1) is 11.8. The minimum Gasteiger partial charge on any atom is -0.368 e. The quantitative estimate of drug-likeness (QED) is 0.723. The second kappa shape index (κ2) is 6.70. The molecule has 0 aliphatic carbocycles. The normalized spacial score (nSPS) is 14.8. The third kappa shape index (κ3) is 3.18. The number of halogens is 1. The number of aromatic nitrogens is 3. The summed E-state index contributed by atoms with van der Waals surface area (Å²) >= 11 is 3.53. The molecule has 3 aromatic rings. The van der Waals surface area contributed by atoms with Crippen molar-refractivity contribution in [1.82, 2.24) is 20.3 Å². The van der Waals surface area contributed by atoms with Gasteiger partial charge in [0.15, 0.2) is 0 Å². The Bertz CT molecular complexity index is 845. The molecule has 2 aromatic heterocycles. The molecule has 1 fully saturated rings. The van der Waals surface area contributed by atoms with Crippen LogP contribution < -0.4 is 15.5 Å². The molecule has 0 amide bonds. The van der Waals surface area contributed by atoms with Crippen LogP contribution in [0.25, 0.3) is 10.9 Å². The van der Waals surface area contributed by atoms with Crippen molar-refractivity contribution in [2.45, 2.75) is 0 Å². The number of rotatable bonds is 3. The highest BCUT2D eigenvalue weighted by molar-refractivity contribution is 9.10.